The number of para-hydroxylation sites is 2. The maximum atomic E-state index is 13.6. The molecule has 0 saturated carbocycles. The van der Waals surface area contributed by atoms with E-state index in [1.54, 1.807) is 19.2 Å². The van der Waals surface area contributed by atoms with Crippen LogP contribution in [0, 0.1) is 11.7 Å². The Morgan fingerprint density at radius 1 is 0.936 bits per heavy atom. The molecule has 1 amide bonds. The molecule has 1 fully saturated rings. The number of rotatable bonds is 12. The van der Waals surface area contributed by atoms with Crippen LogP contribution in [0.5, 0.6) is 5.75 Å². The van der Waals surface area contributed by atoms with E-state index in [0.29, 0.717) is 37.3 Å². The fraction of sp³-hybridized carbons (Fsp3) is 0.333. The molecule has 0 spiro atoms. The van der Waals surface area contributed by atoms with Crippen LogP contribution in [0.25, 0.3) is 11.0 Å². The number of likely N-dealkylation sites (tertiary alicyclic amines) is 1. The van der Waals surface area contributed by atoms with E-state index >= 15 is 0 Å². The minimum Gasteiger partial charge on any atom is -0.497 e. The topological polar surface area (TPSA) is 70.8 Å². The number of methoxy groups -OCH3 is 1. The lowest BCUT2D eigenvalue weighted by Crippen LogP contribution is -2.45. The van der Waals surface area contributed by atoms with Gasteiger partial charge in [-0.2, -0.15) is 0 Å². The van der Waals surface area contributed by atoms with Crippen LogP contribution in [-0.4, -0.2) is 70.7 Å². The van der Waals surface area contributed by atoms with E-state index in [1.165, 1.54) is 17.7 Å². The second-order valence-electron chi connectivity index (χ2n) is 12.8. The first-order chi connectivity index (χ1) is 22.8. The van der Waals surface area contributed by atoms with Gasteiger partial charge in [0.25, 0.3) is 5.91 Å². The van der Waals surface area contributed by atoms with Gasteiger partial charge >= 0.3 is 0 Å². The molecule has 1 aliphatic rings. The third-order valence-electron chi connectivity index (χ3n) is 9.44. The minimum atomic E-state index is -1.07. The van der Waals surface area contributed by atoms with Crippen LogP contribution in [0.15, 0.2) is 103 Å². The number of ether oxygens (including phenoxy) is 1. The molecule has 5 aromatic rings. The van der Waals surface area contributed by atoms with Crippen LogP contribution in [0.4, 0.5) is 4.39 Å². The van der Waals surface area contributed by atoms with Gasteiger partial charge in [0.15, 0.2) is 0 Å². The van der Waals surface area contributed by atoms with E-state index in [9.17, 15) is 14.3 Å². The lowest BCUT2D eigenvalue weighted by atomic mass is 9.89. The molecular weight excluding hydrogens is 591 g/mol. The maximum Gasteiger partial charge on any atom is 0.253 e. The predicted molar refractivity (Wildman–Crippen MR) is 183 cm³/mol. The molecule has 4 aromatic carbocycles. The zero-order valence-corrected chi connectivity index (χ0v) is 27.2. The largest absolute Gasteiger partial charge is 0.497 e. The highest BCUT2D eigenvalue weighted by Crippen LogP contribution is 2.35. The summed E-state index contributed by atoms with van der Waals surface area (Å²) in [4.78, 5) is 22.4. The molecule has 1 aromatic heterocycles. The lowest BCUT2D eigenvalue weighted by Gasteiger charge is -2.38. The van der Waals surface area contributed by atoms with E-state index in [2.05, 4.69) is 21.6 Å². The van der Waals surface area contributed by atoms with Gasteiger partial charge in [-0.15, -0.1) is 0 Å². The average molecular weight is 635 g/mol. The van der Waals surface area contributed by atoms with E-state index in [0.717, 1.165) is 54.8 Å². The van der Waals surface area contributed by atoms with Gasteiger partial charge in [0.05, 0.1) is 18.1 Å². The monoisotopic (exact) mass is 634 g/mol. The van der Waals surface area contributed by atoms with Crippen molar-refractivity contribution in [3.8, 4) is 5.75 Å². The number of aromatic nitrogens is 2. The third-order valence-corrected chi connectivity index (χ3v) is 9.44. The number of fused-ring (bicyclic) bond motifs is 1. The Bertz CT molecular complexity index is 1760. The summed E-state index contributed by atoms with van der Waals surface area (Å²) < 4.78 is 21.1. The highest BCUT2D eigenvalue weighted by molar-refractivity contribution is 5.94. The molecule has 244 valence electrons. The molecule has 0 radical (unpaired) electrons. The Labute approximate surface area is 276 Å². The second kappa shape index (κ2) is 14.5. The van der Waals surface area contributed by atoms with Crippen LogP contribution >= 0.6 is 0 Å². The first-order valence-corrected chi connectivity index (χ1v) is 16.4. The Balaban J connectivity index is 1.13. The van der Waals surface area contributed by atoms with Crippen LogP contribution in [0.2, 0.25) is 0 Å². The number of carbonyl (C=O) groups is 1. The first-order valence-electron chi connectivity index (χ1n) is 16.4. The molecule has 1 aliphatic heterocycles. The van der Waals surface area contributed by atoms with Gasteiger partial charge < -0.3 is 24.2 Å². The minimum absolute atomic E-state index is 0.0249. The molecular formula is C39H43FN4O3. The van der Waals surface area contributed by atoms with Crippen molar-refractivity contribution >= 4 is 16.9 Å². The average Bonchev–Trinajstić information content (AvgIpc) is 3.48. The van der Waals surface area contributed by atoms with Gasteiger partial charge in [-0.25, -0.2) is 9.37 Å². The van der Waals surface area contributed by atoms with Gasteiger partial charge in [-0.05, 0) is 97.8 Å². The summed E-state index contributed by atoms with van der Waals surface area (Å²) in [6, 6.07) is 32.1. The predicted octanol–water partition coefficient (Wildman–Crippen LogP) is 6.54. The normalized spacial score (nSPS) is 15.4. The Morgan fingerprint density at radius 2 is 1.60 bits per heavy atom. The fourth-order valence-electron chi connectivity index (χ4n) is 6.72. The quantitative estimate of drug-likeness (QED) is 0.169. The smallest absolute Gasteiger partial charge is 0.253 e. The number of imidazole rings is 1. The summed E-state index contributed by atoms with van der Waals surface area (Å²) >= 11 is 0. The molecule has 0 aliphatic carbocycles. The number of hydrogen-bond donors (Lipinski definition) is 1. The third kappa shape index (κ3) is 7.72. The van der Waals surface area contributed by atoms with Crippen molar-refractivity contribution in [3.63, 3.8) is 0 Å². The number of halogens is 1. The number of hydrogen-bond acceptors (Lipinski definition) is 5. The molecule has 7 nitrogen and oxygen atoms in total. The molecule has 6 rings (SSSR count). The fourth-order valence-corrected chi connectivity index (χ4v) is 6.72. The van der Waals surface area contributed by atoms with Crippen LogP contribution in [0.1, 0.15) is 46.6 Å². The summed E-state index contributed by atoms with van der Waals surface area (Å²) in [6.07, 6.45) is 2.89. The van der Waals surface area contributed by atoms with Crippen LogP contribution in [-0.2, 0) is 18.6 Å². The van der Waals surface area contributed by atoms with Crippen molar-refractivity contribution < 1.29 is 19.0 Å². The van der Waals surface area contributed by atoms with E-state index < -0.39 is 5.60 Å². The Kier molecular flexibility index (Phi) is 9.99. The SMILES string of the molecule is COc1ccc(CC(CCN2CCC(O)(c3nc4ccccc4n3Cc3ccc(F)cc3)CC2)CN(C)C(=O)c2ccccc2)cc1. The van der Waals surface area contributed by atoms with Gasteiger partial charge in [0, 0.05) is 38.8 Å². The molecule has 2 heterocycles. The maximum absolute atomic E-state index is 13.6. The highest BCUT2D eigenvalue weighted by atomic mass is 19.1. The lowest BCUT2D eigenvalue weighted by molar-refractivity contribution is -0.0358. The number of piperidine rings is 1. The van der Waals surface area contributed by atoms with E-state index in [4.69, 9.17) is 9.72 Å². The highest BCUT2D eigenvalue weighted by Gasteiger charge is 2.38. The zero-order valence-electron chi connectivity index (χ0n) is 27.2. The van der Waals surface area contributed by atoms with E-state index in [-0.39, 0.29) is 17.6 Å². The molecule has 1 N–H and O–H groups in total. The summed E-state index contributed by atoms with van der Waals surface area (Å²) in [6.45, 7) is 3.50. The summed E-state index contributed by atoms with van der Waals surface area (Å²) in [5.41, 5.74) is 3.59. The van der Waals surface area contributed by atoms with Crippen molar-refractivity contribution in [2.75, 3.05) is 40.3 Å². The van der Waals surface area contributed by atoms with Gasteiger partial charge in [0.1, 0.15) is 23.0 Å². The van der Waals surface area contributed by atoms with Crippen LogP contribution < -0.4 is 4.74 Å². The zero-order chi connectivity index (χ0) is 32.8. The number of aliphatic hydroxyl groups is 1. The first kappa shape index (κ1) is 32.4. The summed E-state index contributed by atoms with van der Waals surface area (Å²) in [7, 11) is 3.55. The second-order valence-corrected chi connectivity index (χ2v) is 12.8. The van der Waals surface area contributed by atoms with Crippen molar-refractivity contribution in [2.24, 2.45) is 5.92 Å². The van der Waals surface area contributed by atoms with Crippen molar-refractivity contribution in [1.29, 1.82) is 0 Å². The number of benzene rings is 4. The van der Waals surface area contributed by atoms with Crippen LogP contribution in [0.3, 0.4) is 0 Å². The number of nitrogens with zero attached hydrogens (tertiary/aromatic N) is 4. The van der Waals surface area contributed by atoms with Crippen molar-refractivity contribution in [1.82, 2.24) is 19.4 Å². The molecule has 0 bridgehead atoms. The van der Waals surface area contributed by atoms with Crippen molar-refractivity contribution in [3.05, 3.63) is 131 Å². The standard InChI is InChI=1S/C39H43FN4O3/c1-42(37(45)32-8-4-3-5-9-32)27-31(26-29-14-18-34(47-2)19-15-29)20-23-43-24-21-39(46,22-25-43)38-41-35-10-6-7-11-36(35)44(38)28-30-12-16-33(40)17-13-30/h3-19,31,46H,20-28H2,1-2H3. The molecule has 47 heavy (non-hydrogen) atoms. The molecule has 1 atom stereocenters. The number of amides is 1. The molecule has 1 saturated heterocycles. The molecule has 8 heteroatoms. The number of carbonyl (C=O) groups excluding carboxylic acids is 1. The van der Waals surface area contributed by atoms with Gasteiger partial charge in [-0.1, -0.05) is 54.6 Å². The van der Waals surface area contributed by atoms with E-state index in [1.807, 2.05) is 78.7 Å². The van der Waals surface area contributed by atoms with Gasteiger partial charge in [-0.3, -0.25) is 4.79 Å². The van der Waals surface area contributed by atoms with Crippen molar-refractivity contribution in [2.45, 2.75) is 37.8 Å². The Hall–Kier alpha value is -4.53. The Morgan fingerprint density at radius 3 is 2.30 bits per heavy atom. The molecule has 1 unspecified atom stereocenters. The summed E-state index contributed by atoms with van der Waals surface area (Å²) in [5, 5.41) is 12.0. The van der Waals surface area contributed by atoms with Gasteiger partial charge in [0.2, 0.25) is 0 Å². The summed E-state index contributed by atoms with van der Waals surface area (Å²) in [5.74, 6) is 1.50.